The summed E-state index contributed by atoms with van der Waals surface area (Å²) >= 11 is 0. The summed E-state index contributed by atoms with van der Waals surface area (Å²) in [6, 6.07) is 1.48. The van der Waals surface area contributed by atoms with Gasteiger partial charge in [0.1, 0.15) is 6.67 Å². The summed E-state index contributed by atoms with van der Waals surface area (Å²) in [5.41, 5.74) is -0.454. The van der Waals surface area contributed by atoms with Crippen LogP contribution in [0.5, 0.6) is 5.75 Å². The predicted molar refractivity (Wildman–Crippen MR) is 37.8 cm³/mol. The molecule has 0 spiro atoms. The van der Waals surface area contributed by atoms with E-state index in [2.05, 4.69) is 4.74 Å². The molecule has 0 saturated carbocycles. The SMILES string of the molecule is FCc1ccc(F)c(F)c1OC(F)F. The summed E-state index contributed by atoms with van der Waals surface area (Å²) in [6.45, 7) is -4.53. The third kappa shape index (κ3) is 2.12. The molecule has 0 aliphatic heterocycles. The van der Waals surface area contributed by atoms with E-state index in [1.165, 1.54) is 0 Å². The number of halogens is 5. The fourth-order valence-corrected chi connectivity index (χ4v) is 0.894. The molecule has 1 rings (SSSR count). The number of rotatable bonds is 3. The minimum atomic E-state index is -3.32. The van der Waals surface area contributed by atoms with Crippen LogP contribution in [0, 0.1) is 11.6 Å². The van der Waals surface area contributed by atoms with E-state index in [-0.39, 0.29) is 0 Å². The Kier molecular flexibility index (Phi) is 3.27. The predicted octanol–water partition coefficient (Wildman–Crippen LogP) is 3.04. The molecule has 0 amide bonds. The smallest absolute Gasteiger partial charge is 0.387 e. The van der Waals surface area contributed by atoms with Crippen molar-refractivity contribution < 1.29 is 26.7 Å². The molecule has 6 heteroatoms. The molecule has 0 heterocycles. The second-order valence-electron chi connectivity index (χ2n) is 2.36. The Bertz CT molecular complexity index is 326. The van der Waals surface area contributed by atoms with E-state index in [9.17, 15) is 22.0 Å². The van der Waals surface area contributed by atoms with Crippen LogP contribution >= 0.6 is 0 Å². The largest absolute Gasteiger partial charge is 0.431 e. The van der Waals surface area contributed by atoms with Gasteiger partial charge >= 0.3 is 6.61 Å². The Labute approximate surface area is 76.1 Å². The average Bonchev–Trinajstić information content (AvgIpc) is 2.13. The van der Waals surface area contributed by atoms with Gasteiger partial charge in [0.05, 0.1) is 0 Å². The fourth-order valence-electron chi connectivity index (χ4n) is 0.894. The van der Waals surface area contributed by atoms with Gasteiger partial charge < -0.3 is 4.74 Å². The molecule has 1 nitrogen and oxygen atoms in total. The molecule has 0 bridgehead atoms. The maximum Gasteiger partial charge on any atom is 0.387 e. The van der Waals surface area contributed by atoms with Gasteiger partial charge in [0, 0.05) is 5.56 Å². The lowest BCUT2D eigenvalue weighted by Crippen LogP contribution is -2.07. The Morgan fingerprint density at radius 1 is 1.21 bits per heavy atom. The van der Waals surface area contributed by atoms with Crippen molar-refractivity contribution in [3.63, 3.8) is 0 Å². The zero-order chi connectivity index (χ0) is 10.7. The van der Waals surface area contributed by atoms with E-state index in [4.69, 9.17) is 0 Å². The van der Waals surface area contributed by atoms with Crippen LogP contribution in [0.25, 0.3) is 0 Å². The van der Waals surface area contributed by atoms with E-state index < -0.39 is 36.2 Å². The first kappa shape index (κ1) is 10.7. The fraction of sp³-hybridized carbons (Fsp3) is 0.250. The molecule has 14 heavy (non-hydrogen) atoms. The molecule has 0 aliphatic carbocycles. The maximum atomic E-state index is 12.8. The van der Waals surface area contributed by atoms with E-state index in [1.807, 2.05) is 0 Å². The van der Waals surface area contributed by atoms with E-state index in [1.54, 1.807) is 0 Å². The first-order valence-corrected chi connectivity index (χ1v) is 3.54. The van der Waals surface area contributed by atoms with Crippen LogP contribution in [0.2, 0.25) is 0 Å². The third-order valence-electron chi connectivity index (χ3n) is 1.48. The zero-order valence-corrected chi connectivity index (χ0v) is 6.74. The van der Waals surface area contributed by atoms with Crippen LogP contribution in [0.4, 0.5) is 22.0 Å². The van der Waals surface area contributed by atoms with Crippen LogP contribution in [-0.4, -0.2) is 6.61 Å². The van der Waals surface area contributed by atoms with Gasteiger partial charge in [-0.05, 0) is 12.1 Å². The van der Waals surface area contributed by atoms with E-state index in [0.717, 1.165) is 6.07 Å². The van der Waals surface area contributed by atoms with E-state index >= 15 is 0 Å². The molecular weight excluding hydrogens is 207 g/mol. The molecule has 1 aromatic carbocycles. The summed E-state index contributed by atoms with van der Waals surface area (Å²) in [4.78, 5) is 0. The van der Waals surface area contributed by atoms with Gasteiger partial charge in [-0.2, -0.15) is 13.2 Å². The number of alkyl halides is 3. The molecule has 0 unspecified atom stereocenters. The van der Waals surface area contributed by atoms with Gasteiger partial charge in [0.2, 0.25) is 5.82 Å². The standard InChI is InChI=1S/C8H5F5O/c9-3-4-1-2-5(10)6(11)7(4)14-8(12)13/h1-2,8H,3H2. The van der Waals surface area contributed by atoms with Gasteiger partial charge in [0.15, 0.2) is 11.6 Å². The normalized spacial score (nSPS) is 10.7. The lowest BCUT2D eigenvalue weighted by atomic mass is 10.2. The molecule has 0 atom stereocenters. The van der Waals surface area contributed by atoms with Crippen molar-refractivity contribution in [1.82, 2.24) is 0 Å². The van der Waals surface area contributed by atoms with Gasteiger partial charge in [0.25, 0.3) is 0 Å². The molecule has 0 saturated heterocycles. The van der Waals surface area contributed by atoms with Gasteiger partial charge in [-0.3, -0.25) is 0 Å². The second kappa shape index (κ2) is 4.26. The third-order valence-corrected chi connectivity index (χ3v) is 1.48. The summed E-state index contributed by atoms with van der Waals surface area (Å²) < 4.78 is 64.6. The molecule has 78 valence electrons. The van der Waals surface area contributed by atoms with Crippen LogP contribution in [-0.2, 0) is 6.67 Å². The molecule has 0 aromatic heterocycles. The summed E-state index contributed by atoms with van der Waals surface area (Å²) in [7, 11) is 0. The number of benzene rings is 1. The lowest BCUT2D eigenvalue weighted by Gasteiger charge is -2.09. The highest BCUT2D eigenvalue weighted by Crippen LogP contribution is 2.27. The van der Waals surface area contributed by atoms with Crippen molar-refractivity contribution in [2.45, 2.75) is 13.3 Å². The number of hydrogen-bond donors (Lipinski definition) is 0. The first-order chi connectivity index (χ1) is 6.56. The van der Waals surface area contributed by atoms with Gasteiger partial charge in [-0.25, -0.2) is 8.78 Å². The highest BCUT2D eigenvalue weighted by atomic mass is 19.3. The summed E-state index contributed by atoms with van der Waals surface area (Å²) in [5.74, 6) is -4.05. The van der Waals surface area contributed by atoms with Crippen LogP contribution in [0.1, 0.15) is 5.56 Å². The molecular formula is C8H5F5O. The summed E-state index contributed by atoms with van der Waals surface area (Å²) in [6.07, 6.45) is 0. The van der Waals surface area contributed by atoms with Crippen molar-refractivity contribution in [2.75, 3.05) is 0 Å². The Hall–Kier alpha value is -1.33. The Morgan fingerprint density at radius 2 is 1.86 bits per heavy atom. The summed E-state index contributed by atoms with van der Waals surface area (Å²) in [5, 5.41) is 0. The molecule has 0 radical (unpaired) electrons. The van der Waals surface area contributed by atoms with Crippen molar-refractivity contribution in [3.05, 3.63) is 29.3 Å². The van der Waals surface area contributed by atoms with Crippen molar-refractivity contribution in [3.8, 4) is 5.75 Å². The first-order valence-electron chi connectivity index (χ1n) is 3.54. The number of hydrogen-bond acceptors (Lipinski definition) is 1. The van der Waals surface area contributed by atoms with Gasteiger partial charge in [-0.15, -0.1) is 0 Å². The van der Waals surface area contributed by atoms with Crippen molar-refractivity contribution >= 4 is 0 Å². The minimum Gasteiger partial charge on any atom is -0.431 e. The van der Waals surface area contributed by atoms with Crippen molar-refractivity contribution in [2.24, 2.45) is 0 Å². The monoisotopic (exact) mass is 212 g/mol. The van der Waals surface area contributed by atoms with Crippen molar-refractivity contribution in [1.29, 1.82) is 0 Å². The number of ether oxygens (including phenoxy) is 1. The average molecular weight is 212 g/mol. The molecule has 0 N–H and O–H groups in total. The van der Waals surface area contributed by atoms with Crippen LogP contribution in [0.3, 0.4) is 0 Å². The highest BCUT2D eigenvalue weighted by Gasteiger charge is 2.18. The molecule has 0 aliphatic rings. The molecule has 0 fully saturated rings. The zero-order valence-electron chi connectivity index (χ0n) is 6.74. The van der Waals surface area contributed by atoms with E-state index in [0.29, 0.717) is 6.07 Å². The van der Waals surface area contributed by atoms with Crippen LogP contribution in [0.15, 0.2) is 12.1 Å². The lowest BCUT2D eigenvalue weighted by molar-refractivity contribution is -0.0534. The highest BCUT2D eigenvalue weighted by molar-refractivity contribution is 5.35. The quantitative estimate of drug-likeness (QED) is 0.699. The second-order valence-corrected chi connectivity index (χ2v) is 2.36. The minimum absolute atomic E-state index is 0.454. The van der Waals surface area contributed by atoms with Crippen LogP contribution < -0.4 is 4.74 Å². The van der Waals surface area contributed by atoms with Gasteiger partial charge in [-0.1, -0.05) is 0 Å². The Balaban J connectivity index is 3.14. The topological polar surface area (TPSA) is 9.23 Å². The maximum absolute atomic E-state index is 12.8. The molecule has 1 aromatic rings. The Morgan fingerprint density at radius 3 is 2.36 bits per heavy atom.